The Labute approximate surface area is 274 Å². The first-order valence-electron chi connectivity index (χ1n) is 16.4. The lowest BCUT2D eigenvalue weighted by atomic mass is 9.81. The summed E-state index contributed by atoms with van der Waals surface area (Å²) in [5.41, 5.74) is 16.5. The number of nitrogens with zero attached hydrogens (tertiary/aromatic N) is 6. The highest BCUT2D eigenvalue weighted by molar-refractivity contribution is 6.17. The van der Waals surface area contributed by atoms with Crippen molar-refractivity contribution in [2.75, 3.05) is 29.4 Å². The summed E-state index contributed by atoms with van der Waals surface area (Å²) in [5.74, 6) is 0.857. The van der Waals surface area contributed by atoms with Crippen LogP contribution in [-0.2, 0) is 20.7 Å². The Balaban J connectivity index is 1.15. The molecule has 2 unspecified atom stereocenters. The van der Waals surface area contributed by atoms with Crippen molar-refractivity contribution in [1.82, 2.24) is 25.6 Å². The van der Waals surface area contributed by atoms with Gasteiger partial charge in [-0.1, -0.05) is 24.3 Å². The average molecular weight is 638 g/mol. The van der Waals surface area contributed by atoms with E-state index in [9.17, 15) is 9.59 Å². The Morgan fingerprint density at radius 2 is 1.60 bits per heavy atom. The Morgan fingerprint density at radius 1 is 0.936 bits per heavy atom. The van der Waals surface area contributed by atoms with E-state index in [4.69, 9.17) is 21.2 Å². The number of hydrogen-bond acceptors (Lipinski definition) is 10. The average Bonchev–Trinajstić information content (AvgIpc) is 3.64. The summed E-state index contributed by atoms with van der Waals surface area (Å²) in [7, 11) is 0. The summed E-state index contributed by atoms with van der Waals surface area (Å²) in [4.78, 5) is 36.1. The first kappa shape index (κ1) is 32.4. The van der Waals surface area contributed by atoms with Crippen molar-refractivity contribution < 1.29 is 14.3 Å². The first-order valence-corrected chi connectivity index (χ1v) is 16.4. The maximum atomic E-state index is 14.0. The van der Waals surface area contributed by atoms with Gasteiger partial charge in [-0.3, -0.25) is 9.59 Å². The van der Waals surface area contributed by atoms with Crippen LogP contribution >= 0.6 is 0 Å². The predicted molar refractivity (Wildman–Crippen MR) is 180 cm³/mol. The molecule has 3 atom stereocenters. The molecule has 2 aromatic carbocycles. The molecule has 1 aliphatic carbocycles. The third-order valence-electron chi connectivity index (χ3n) is 9.25. The molecule has 2 fully saturated rings. The molecule has 2 aromatic heterocycles. The fourth-order valence-electron chi connectivity index (χ4n) is 6.68. The fourth-order valence-corrected chi connectivity index (χ4v) is 6.68. The van der Waals surface area contributed by atoms with E-state index in [2.05, 4.69) is 45.4 Å². The maximum absolute atomic E-state index is 14.0. The number of hydrogen-bond donors (Lipinski definition) is 3. The topological polar surface area (TPSA) is 169 Å². The summed E-state index contributed by atoms with van der Waals surface area (Å²) in [5, 5.41) is 14.1. The highest BCUT2D eigenvalue weighted by Crippen LogP contribution is 2.32. The van der Waals surface area contributed by atoms with Crippen molar-refractivity contribution >= 4 is 23.3 Å². The van der Waals surface area contributed by atoms with E-state index in [0.717, 1.165) is 48.4 Å². The van der Waals surface area contributed by atoms with Gasteiger partial charge in [0.1, 0.15) is 5.82 Å². The van der Waals surface area contributed by atoms with Gasteiger partial charge in [-0.05, 0) is 111 Å². The van der Waals surface area contributed by atoms with Crippen molar-refractivity contribution in [3.05, 3.63) is 72.4 Å². The van der Waals surface area contributed by atoms with Crippen LogP contribution in [0.3, 0.4) is 0 Å². The summed E-state index contributed by atoms with van der Waals surface area (Å²) in [6.07, 6.45) is 5.63. The second kappa shape index (κ2) is 14.5. The number of anilines is 2. The first-order chi connectivity index (χ1) is 22.8. The SMILES string of the molecule is CC1CN(c2ccc(-c3ccc(C[C@H](N)C(=O)N(C(=O)C4CCC(CN)CC4)c4ccc(-c5nn[nH]n5)cc4)cc3)cn2)CC(C)O1. The lowest BCUT2D eigenvalue weighted by Gasteiger charge is -2.36. The van der Waals surface area contributed by atoms with E-state index < -0.39 is 11.9 Å². The Morgan fingerprint density at radius 3 is 2.19 bits per heavy atom. The van der Waals surface area contributed by atoms with E-state index in [0.29, 0.717) is 42.4 Å². The molecule has 2 aliphatic rings. The number of morpholine rings is 1. The minimum Gasteiger partial charge on any atom is -0.372 e. The number of rotatable bonds is 9. The van der Waals surface area contributed by atoms with Gasteiger partial charge < -0.3 is 21.1 Å². The molecule has 0 radical (unpaired) electrons. The predicted octanol–water partition coefficient (Wildman–Crippen LogP) is 3.74. The lowest BCUT2D eigenvalue weighted by Crippen LogP contribution is -2.50. The van der Waals surface area contributed by atoms with Gasteiger partial charge >= 0.3 is 0 Å². The zero-order valence-electron chi connectivity index (χ0n) is 27.0. The second-order valence-corrected chi connectivity index (χ2v) is 12.8. The number of imide groups is 1. The number of amides is 2. The third-order valence-corrected chi connectivity index (χ3v) is 9.25. The molecule has 3 heterocycles. The Kier molecular flexibility index (Phi) is 10.00. The molecule has 12 heteroatoms. The van der Waals surface area contributed by atoms with E-state index in [1.165, 1.54) is 4.90 Å². The fraction of sp³-hybridized carbons (Fsp3) is 0.429. The summed E-state index contributed by atoms with van der Waals surface area (Å²) in [6.45, 7) is 6.40. The number of H-pyrrole nitrogens is 1. The largest absolute Gasteiger partial charge is 0.372 e. The molecule has 246 valence electrons. The monoisotopic (exact) mass is 637 g/mol. The van der Waals surface area contributed by atoms with Gasteiger partial charge in [-0.2, -0.15) is 5.21 Å². The van der Waals surface area contributed by atoms with Gasteiger partial charge in [0.15, 0.2) is 0 Å². The van der Waals surface area contributed by atoms with Crippen molar-refractivity contribution in [1.29, 1.82) is 0 Å². The number of carbonyl (C=O) groups excluding carboxylic acids is 2. The van der Waals surface area contributed by atoms with Gasteiger partial charge in [-0.15, -0.1) is 10.2 Å². The smallest absolute Gasteiger partial charge is 0.251 e. The molecule has 5 N–H and O–H groups in total. The molecule has 1 aliphatic heterocycles. The van der Waals surface area contributed by atoms with Crippen LogP contribution in [0.25, 0.3) is 22.5 Å². The van der Waals surface area contributed by atoms with E-state index in [-0.39, 0.29) is 30.5 Å². The zero-order chi connectivity index (χ0) is 32.9. The number of aromatic nitrogens is 5. The number of benzene rings is 2. The Bertz CT molecular complexity index is 1610. The minimum absolute atomic E-state index is 0.163. The summed E-state index contributed by atoms with van der Waals surface area (Å²) >= 11 is 0. The van der Waals surface area contributed by atoms with Crippen LogP contribution < -0.4 is 21.3 Å². The molecular weight excluding hydrogens is 594 g/mol. The van der Waals surface area contributed by atoms with Crippen molar-refractivity contribution in [3.8, 4) is 22.5 Å². The zero-order valence-corrected chi connectivity index (χ0v) is 27.0. The molecule has 12 nitrogen and oxygen atoms in total. The highest BCUT2D eigenvalue weighted by Gasteiger charge is 2.35. The van der Waals surface area contributed by atoms with Gasteiger partial charge in [0, 0.05) is 36.3 Å². The highest BCUT2D eigenvalue weighted by atomic mass is 16.5. The van der Waals surface area contributed by atoms with Crippen LogP contribution in [0.2, 0.25) is 0 Å². The number of pyridine rings is 1. The molecule has 1 saturated carbocycles. The normalized spacial score (nSPS) is 22.1. The van der Waals surface area contributed by atoms with Gasteiger partial charge in [0.05, 0.1) is 23.9 Å². The van der Waals surface area contributed by atoms with Crippen LogP contribution in [0.15, 0.2) is 66.9 Å². The van der Waals surface area contributed by atoms with E-state index in [1.54, 1.807) is 24.3 Å². The standard InChI is InChI=1S/C35H43N9O3/c1-22-20-43(21-23(2)47-22)32-16-13-29(19-38-32)26-7-3-24(4-8-26)17-31(37)35(46)44(34(45)28-9-5-25(18-36)6-10-28)30-14-11-27(12-15-30)33-39-41-42-40-33/h3-4,7-8,11-16,19,22-23,25,28,31H,5-6,9-10,17-18,20-21,36-37H2,1-2H3,(H,39,40,41,42)/t22?,23?,25?,28?,31-/m0/s1. The van der Waals surface area contributed by atoms with Crippen LogP contribution in [0.5, 0.6) is 0 Å². The molecule has 2 amide bonds. The molecule has 4 aromatic rings. The lowest BCUT2D eigenvalue weighted by molar-refractivity contribution is -0.130. The minimum atomic E-state index is -0.915. The quantitative estimate of drug-likeness (QED) is 0.246. The number of nitrogens with two attached hydrogens (primary N) is 2. The number of carbonyl (C=O) groups is 2. The van der Waals surface area contributed by atoms with Crippen molar-refractivity contribution in [3.63, 3.8) is 0 Å². The molecular formula is C35H43N9O3. The maximum Gasteiger partial charge on any atom is 0.251 e. The van der Waals surface area contributed by atoms with Crippen LogP contribution in [0.1, 0.15) is 45.1 Å². The molecule has 6 rings (SSSR count). The van der Waals surface area contributed by atoms with E-state index in [1.807, 2.05) is 36.5 Å². The summed E-state index contributed by atoms with van der Waals surface area (Å²) in [6, 6.07) is 18.2. The number of aromatic amines is 1. The van der Waals surface area contributed by atoms with Gasteiger partial charge in [0.2, 0.25) is 11.7 Å². The van der Waals surface area contributed by atoms with Gasteiger partial charge in [0.25, 0.3) is 5.91 Å². The van der Waals surface area contributed by atoms with Crippen molar-refractivity contribution in [2.45, 2.75) is 64.2 Å². The van der Waals surface area contributed by atoms with Gasteiger partial charge in [-0.25, -0.2) is 9.88 Å². The van der Waals surface area contributed by atoms with Crippen LogP contribution in [0.4, 0.5) is 11.5 Å². The van der Waals surface area contributed by atoms with Crippen LogP contribution in [-0.4, -0.2) is 75.3 Å². The van der Waals surface area contributed by atoms with Crippen molar-refractivity contribution in [2.24, 2.45) is 23.3 Å². The second-order valence-electron chi connectivity index (χ2n) is 12.8. The Hall–Kier alpha value is -4.52. The summed E-state index contributed by atoms with van der Waals surface area (Å²) < 4.78 is 5.85. The molecule has 47 heavy (non-hydrogen) atoms. The van der Waals surface area contributed by atoms with Crippen LogP contribution in [0, 0.1) is 11.8 Å². The third kappa shape index (κ3) is 7.56. The molecule has 0 spiro atoms. The molecule has 1 saturated heterocycles. The number of nitrogens with one attached hydrogen (secondary N) is 1. The molecule has 0 bridgehead atoms. The van der Waals surface area contributed by atoms with E-state index >= 15 is 0 Å². The number of tetrazole rings is 1. The number of ether oxygens (including phenoxy) is 1.